The number of nitro groups is 1. The van der Waals surface area contributed by atoms with Gasteiger partial charge >= 0.3 is 0 Å². The fraction of sp³-hybridized carbons (Fsp3) is 0.235. The van der Waals surface area contributed by atoms with Gasteiger partial charge in [-0.25, -0.2) is 0 Å². The maximum absolute atomic E-state index is 13.0. The van der Waals surface area contributed by atoms with E-state index in [2.05, 4.69) is 22.9 Å². The number of hydrogen-bond acceptors (Lipinski definition) is 4. The molecule has 2 aromatic rings. The summed E-state index contributed by atoms with van der Waals surface area (Å²) in [6.45, 7) is 2.73. The molecular formula is C17H15BrN2O3S. The van der Waals surface area contributed by atoms with E-state index < -0.39 is 4.92 Å². The Morgan fingerprint density at radius 3 is 2.83 bits per heavy atom. The van der Waals surface area contributed by atoms with E-state index >= 15 is 0 Å². The van der Waals surface area contributed by atoms with Gasteiger partial charge in [0.15, 0.2) is 0 Å². The van der Waals surface area contributed by atoms with Gasteiger partial charge in [-0.15, -0.1) is 11.8 Å². The lowest BCUT2D eigenvalue weighted by molar-refractivity contribution is -0.385. The van der Waals surface area contributed by atoms with Crippen molar-refractivity contribution >= 4 is 45.0 Å². The van der Waals surface area contributed by atoms with Crippen LogP contribution in [0.15, 0.2) is 51.8 Å². The quantitative estimate of drug-likeness (QED) is 0.525. The van der Waals surface area contributed by atoms with Gasteiger partial charge in [-0.05, 0) is 46.6 Å². The lowest BCUT2D eigenvalue weighted by Gasteiger charge is -2.22. The third-order valence-corrected chi connectivity index (χ3v) is 5.79. The van der Waals surface area contributed by atoms with E-state index in [1.807, 2.05) is 24.3 Å². The Balaban J connectivity index is 2.01. The number of amides is 1. The highest BCUT2D eigenvalue weighted by Gasteiger charge is 2.26. The summed E-state index contributed by atoms with van der Waals surface area (Å²) in [7, 11) is 0. The molecule has 24 heavy (non-hydrogen) atoms. The van der Waals surface area contributed by atoms with Crippen LogP contribution in [-0.2, 0) is 0 Å². The Morgan fingerprint density at radius 2 is 2.08 bits per heavy atom. The van der Waals surface area contributed by atoms with E-state index in [-0.39, 0.29) is 11.6 Å². The molecular weight excluding hydrogens is 392 g/mol. The highest BCUT2D eigenvalue weighted by molar-refractivity contribution is 9.10. The predicted molar refractivity (Wildman–Crippen MR) is 98.9 cm³/mol. The Labute approximate surface area is 152 Å². The van der Waals surface area contributed by atoms with Crippen molar-refractivity contribution in [3.05, 3.63) is 62.6 Å². The summed E-state index contributed by atoms with van der Waals surface area (Å²) in [4.78, 5) is 26.4. The molecule has 2 aromatic carbocycles. The van der Waals surface area contributed by atoms with Crippen LogP contribution in [0.4, 0.5) is 11.4 Å². The van der Waals surface area contributed by atoms with Crippen molar-refractivity contribution in [3.8, 4) is 0 Å². The molecule has 0 spiro atoms. The number of nitro benzene ring substituents is 1. The topological polar surface area (TPSA) is 63.5 Å². The van der Waals surface area contributed by atoms with Crippen molar-refractivity contribution in [2.75, 3.05) is 11.4 Å². The van der Waals surface area contributed by atoms with Gasteiger partial charge in [0.1, 0.15) is 0 Å². The average molecular weight is 407 g/mol. The molecule has 1 atom stereocenters. The summed E-state index contributed by atoms with van der Waals surface area (Å²) >= 11 is 4.90. The number of halogens is 1. The maximum Gasteiger partial charge on any atom is 0.284 e. The molecule has 1 amide bonds. The van der Waals surface area contributed by atoms with Crippen LogP contribution in [0.3, 0.4) is 0 Å². The summed E-state index contributed by atoms with van der Waals surface area (Å²) in [6, 6.07) is 12.3. The van der Waals surface area contributed by atoms with Crippen LogP contribution in [0.2, 0.25) is 0 Å². The second kappa shape index (κ2) is 6.94. The standard InChI is InChI=1S/C17H15BrN2O3S/c1-11-8-9-19(14-4-2-3-5-16(14)24-11)17(21)12-6-7-13(18)15(10-12)20(22)23/h2-7,10-11H,8-9H2,1H3/t11-/m1/s1. The van der Waals surface area contributed by atoms with Gasteiger partial charge in [-0.1, -0.05) is 19.1 Å². The number of hydrogen-bond donors (Lipinski definition) is 0. The zero-order valence-corrected chi connectivity index (χ0v) is 15.3. The number of carbonyl (C=O) groups is 1. The Hall–Kier alpha value is -1.86. The monoisotopic (exact) mass is 406 g/mol. The van der Waals surface area contributed by atoms with Crippen molar-refractivity contribution in [1.29, 1.82) is 0 Å². The molecule has 7 heteroatoms. The van der Waals surface area contributed by atoms with Crippen molar-refractivity contribution in [3.63, 3.8) is 0 Å². The molecule has 3 rings (SSSR count). The smallest absolute Gasteiger partial charge is 0.284 e. The van der Waals surface area contributed by atoms with Crippen LogP contribution in [0.25, 0.3) is 0 Å². The first kappa shape index (κ1) is 17.0. The molecule has 1 aliphatic heterocycles. The first-order chi connectivity index (χ1) is 11.5. The molecule has 0 fully saturated rings. The first-order valence-corrected chi connectivity index (χ1v) is 9.16. The van der Waals surface area contributed by atoms with Crippen molar-refractivity contribution in [2.45, 2.75) is 23.5 Å². The van der Waals surface area contributed by atoms with Gasteiger partial charge in [0.25, 0.3) is 11.6 Å². The second-order valence-electron chi connectivity index (χ2n) is 5.56. The number of carbonyl (C=O) groups excluding carboxylic acids is 1. The third-order valence-electron chi connectivity index (χ3n) is 3.88. The molecule has 124 valence electrons. The van der Waals surface area contributed by atoms with Crippen molar-refractivity contribution in [2.24, 2.45) is 0 Å². The zero-order valence-electron chi connectivity index (χ0n) is 12.9. The molecule has 0 aliphatic carbocycles. The zero-order chi connectivity index (χ0) is 17.3. The minimum atomic E-state index is -0.491. The average Bonchev–Trinajstić information content (AvgIpc) is 2.72. The molecule has 1 heterocycles. The number of thioether (sulfide) groups is 1. The molecule has 0 bridgehead atoms. The summed E-state index contributed by atoms with van der Waals surface area (Å²) < 4.78 is 0.365. The summed E-state index contributed by atoms with van der Waals surface area (Å²) in [6.07, 6.45) is 0.865. The molecule has 0 radical (unpaired) electrons. The molecule has 0 saturated carbocycles. The fourth-order valence-corrected chi connectivity index (χ4v) is 4.14. The highest BCUT2D eigenvalue weighted by Crippen LogP contribution is 2.38. The molecule has 0 N–H and O–H groups in total. The number of para-hydroxylation sites is 1. The maximum atomic E-state index is 13.0. The molecule has 1 aliphatic rings. The number of fused-ring (bicyclic) bond motifs is 1. The van der Waals surface area contributed by atoms with Gasteiger partial charge in [0.05, 0.1) is 15.1 Å². The van der Waals surface area contributed by atoms with Gasteiger partial charge < -0.3 is 4.90 Å². The Morgan fingerprint density at radius 1 is 1.33 bits per heavy atom. The van der Waals surface area contributed by atoms with Crippen LogP contribution in [0.5, 0.6) is 0 Å². The SMILES string of the molecule is C[C@@H]1CCN(C(=O)c2ccc(Br)c([N+](=O)[O-])c2)c2ccccc2S1. The first-order valence-electron chi connectivity index (χ1n) is 7.49. The van der Waals surface area contributed by atoms with Crippen LogP contribution >= 0.6 is 27.7 Å². The summed E-state index contributed by atoms with van der Waals surface area (Å²) in [5.41, 5.74) is 1.08. The Kier molecular flexibility index (Phi) is 4.91. The van der Waals surface area contributed by atoms with Gasteiger partial charge in [-0.3, -0.25) is 14.9 Å². The van der Waals surface area contributed by atoms with Crippen LogP contribution in [-0.4, -0.2) is 22.6 Å². The van der Waals surface area contributed by atoms with Crippen LogP contribution in [0.1, 0.15) is 23.7 Å². The van der Waals surface area contributed by atoms with Crippen molar-refractivity contribution in [1.82, 2.24) is 0 Å². The van der Waals surface area contributed by atoms with Crippen LogP contribution in [0, 0.1) is 10.1 Å². The third kappa shape index (κ3) is 3.32. The summed E-state index contributed by atoms with van der Waals surface area (Å²) in [5, 5.41) is 11.5. The molecule has 0 aromatic heterocycles. The van der Waals surface area contributed by atoms with E-state index in [0.717, 1.165) is 17.0 Å². The fourth-order valence-electron chi connectivity index (χ4n) is 2.64. The predicted octanol–water partition coefficient (Wildman–Crippen LogP) is 4.89. The van der Waals surface area contributed by atoms with E-state index in [9.17, 15) is 14.9 Å². The van der Waals surface area contributed by atoms with Gasteiger partial charge in [0, 0.05) is 28.3 Å². The number of benzene rings is 2. The summed E-state index contributed by atoms with van der Waals surface area (Å²) in [5.74, 6) is -0.215. The van der Waals surface area contributed by atoms with Gasteiger partial charge in [-0.2, -0.15) is 0 Å². The molecule has 0 saturated heterocycles. The van der Waals surface area contributed by atoms with E-state index in [1.54, 1.807) is 28.8 Å². The molecule has 0 unspecified atom stereocenters. The van der Waals surface area contributed by atoms with E-state index in [1.165, 1.54) is 6.07 Å². The lowest BCUT2D eigenvalue weighted by atomic mass is 10.1. The van der Waals surface area contributed by atoms with E-state index in [4.69, 9.17) is 0 Å². The van der Waals surface area contributed by atoms with Gasteiger partial charge in [0.2, 0.25) is 0 Å². The minimum Gasteiger partial charge on any atom is -0.307 e. The molecule has 5 nitrogen and oxygen atoms in total. The van der Waals surface area contributed by atoms with Crippen LogP contribution < -0.4 is 4.90 Å². The highest BCUT2D eigenvalue weighted by atomic mass is 79.9. The Bertz CT molecular complexity index is 812. The lowest BCUT2D eigenvalue weighted by Crippen LogP contribution is -2.32. The minimum absolute atomic E-state index is 0.105. The van der Waals surface area contributed by atoms with E-state index in [0.29, 0.717) is 21.8 Å². The number of rotatable bonds is 2. The van der Waals surface area contributed by atoms with Crippen molar-refractivity contribution < 1.29 is 9.72 Å². The second-order valence-corrected chi connectivity index (χ2v) is 7.90. The number of nitrogens with zero attached hydrogens (tertiary/aromatic N) is 2. The number of anilines is 1. The largest absolute Gasteiger partial charge is 0.307 e. The normalized spacial score (nSPS) is 17.1.